The third-order valence-corrected chi connectivity index (χ3v) is 4.03. The Labute approximate surface area is 117 Å². The lowest BCUT2D eigenvalue weighted by Gasteiger charge is -2.27. The van der Waals surface area contributed by atoms with E-state index in [9.17, 15) is 5.11 Å². The van der Waals surface area contributed by atoms with Gasteiger partial charge in [-0.05, 0) is 50.1 Å². The van der Waals surface area contributed by atoms with Crippen LogP contribution in [-0.4, -0.2) is 36.3 Å². The molecule has 1 aromatic rings. The van der Waals surface area contributed by atoms with Crippen LogP contribution in [0.4, 0.5) is 0 Å². The van der Waals surface area contributed by atoms with E-state index in [0.717, 1.165) is 36.2 Å². The van der Waals surface area contributed by atoms with Crippen LogP contribution < -0.4 is 0 Å². The fraction of sp³-hybridized carbons (Fsp3) is 0.571. The molecule has 1 atom stereocenters. The Kier molecular flexibility index (Phi) is 5.03. The highest BCUT2D eigenvalue weighted by Gasteiger charge is 2.16. The van der Waals surface area contributed by atoms with E-state index in [-0.39, 0.29) is 0 Å². The van der Waals surface area contributed by atoms with E-state index in [4.69, 9.17) is 4.74 Å². The zero-order valence-electron chi connectivity index (χ0n) is 10.7. The molecule has 1 saturated heterocycles. The minimum atomic E-state index is 0.315. The van der Waals surface area contributed by atoms with Crippen molar-refractivity contribution in [2.75, 3.05) is 20.2 Å². The largest absolute Gasteiger partial charge is 0.508 e. The molecule has 1 heterocycles. The summed E-state index contributed by atoms with van der Waals surface area (Å²) in [6, 6.07) is 5.38. The predicted molar refractivity (Wildman–Crippen MR) is 75.7 cm³/mol. The third kappa shape index (κ3) is 3.97. The summed E-state index contributed by atoms with van der Waals surface area (Å²) in [5.41, 5.74) is 1.10. The SMILES string of the molecule is CN(Cc1cc(O)ccc1Br)CC1CCCCO1. The summed E-state index contributed by atoms with van der Waals surface area (Å²) in [6.45, 7) is 2.66. The number of ether oxygens (including phenoxy) is 1. The molecular formula is C14H20BrNO2. The molecule has 1 N–H and O–H groups in total. The van der Waals surface area contributed by atoms with Crippen molar-refractivity contribution < 1.29 is 9.84 Å². The van der Waals surface area contributed by atoms with Crippen molar-refractivity contribution in [3.8, 4) is 5.75 Å². The van der Waals surface area contributed by atoms with Gasteiger partial charge in [-0.1, -0.05) is 15.9 Å². The molecule has 4 heteroatoms. The second-order valence-electron chi connectivity index (χ2n) is 4.96. The highest BCUT2D eigenvalue weighted by Crippen LogP contribution is 2.23. The lowest BCUT2D eigenvalue weighted by molar-refractivity contribution is -0.00262. The number of hydrogen-bond donors (Lipinski definition) is 1. The number of phenolic OH excluding ortho intramolecular Hbond substituents is 1. The Balaban J connectivity index is 1.89. The Hall–Kier alpha value is -0.580. The molecule has 1 fully saturated rings. The van der Waals surface area contributed by atoms with E-state index in [0.29, 0.717) is 11.9 Å². The minimum absolute atomic E-state index is 0.315. The lowest BCUT2D eigenvalue weighted by atomic mass is 10.1. The smallest absolute Gasteiger partial charge is 0.115 e. The first-order valence-corrected chi connectivity index (χ1v) is 7.22. The van der Waals surface area contributed by atoms with Gasteiger partial charge in [0.1, 0.15) is 5.75 Å². The van der Waals surface area contributed by atoms with E-state index in [1.807, 2.05) is 12.1 Å². The van der Waals surface area contributed by atoms with Crippen molar-refractivity contribution in [3.63, 3.8) is 0 Å². The van der Waals surface area contributed by atoms with Gasteiger partial charge in [-0.25, -0.2) is 0 Å². The average molecular weight is 314 g/mol. The van der Waals surface area contributed by atoms with E-state index < -0.39 is 0 Å². The zero-order chi connectivity index (χ0) is 13.0. The molecule has 0 amide bonds. The van der Waals surface area contributed by atoms with Gasteiger partial charge in [0.2, 0.25) is 0 Å². The number of rotatable bonds is 4. The number of phenols is 1. The first-order chi connectivity index (χ1) is 8.65. The summed E-state index contributed by atoms with van der Waals surface area (Å²) < 4.78 is 6.78. The van der Waals surface area contributed by atoms with Crippen LogP contribution >= 0.6 is 15.9 Å². The summed E-state index contributed by atoms with van der Waals surface area (Å²) in [4.78, 5) is 2.25. The van der Waals surface area contributed by atoms with Crippen molar-refractivity contribution in [2.45, 2.75) is 31.9 Å². The van der Waals surface area contributed by atoms with Crippen LogP contribution in [0.5, 0.6) is 5.75 Å². The molecular weight excluding hydrogens is 294 g/mol. The van der Waals surface area contributed by atoms with Crippen LogP contribution in [-0.2, 0) is 11.3 Å². The maximum absolute atomic E-state index is 9.51. The molecule has 0 saturated carbocycles. The highest BCUT2D eigenvalue weighted by atomic mass is 79.9. The maximum Gasteiger partial charge on any atom is 0.115 e. The van der Waals surface area contributed by atoms with Gasteiger partial charge < -0.3 is 9.84 Å². The fourth-order valence-electron chi connectivity index (χ4n) is 2.34. The zero-order valence-corrected chi connectivity index (χ0v) is 12.3. The van der Waals surface area contributed by atoms with E-state index >= 15 is 0 Å². The van der Waals surface area contributed by atoms with Crippen LogP contribution in [0.3, 0.4) is 0 Å². The number of hydrogen-bond acceptors (Lipinski definition) is 3. The molecule has 0 radical (unpaired) electrons. The van der Waals surface area contributed by atoms with Gasteiger partial charge in [0.25, 0.3) is 0 Å². The Bertz CT molecular complexity index is 391. The van der Waals surface area contributed by atoms with Gasteiger partial charge in [-0.3, -0.25) is 4.90 Å². The van der Waals surface area contributed by atoms with Crippen LogP contribution in [0, 0.1) is 0 Å². The van der Waals surface area contributed by atoms with Crippen LogP contribution in [0.1, 0.15) is 24.8 Å². The number of aromatic hydroxyl groups is 1. The van der Waals surface area contributed by atoms with Gasteiger partial charge >= 0.3 is 0 Å². The van der Waals surface area contributed by atoms with Crippen molar-refractivity contribution in [1.82, 2.24) is 4.90 Å². The van der Waals surface area contributed by atoms with Gasteiger partial charge in [0.15, 0.2) is 0 Å². The summed E-state index contributed by atoms with van der Waals surface area (Å²) in [5.74, 6) is 0.315. The first kappa shape index (κ1) is 13.8. The average Bonchev–Trinajstić information content (AvgIpc) is 2.35. The number of benzene rings is 1. The summed E-state index contributed by atoms with van der Waals surface area (Å²) in [5, 5.41) is 9.51. The van der Waals surface area contributed by atoms with Crippen LogP contribution in [0.2, 0.25) is 0 Å². The molecule has 0 bridgehead atoms. The Morgan fingerprint density at radius 1 is 1.44 bits per heavy atom. The van der Waals surface area contributed by atoms with Crippen molar-refractivity contribution in [2.24, 2.45) is 0 Å². The Morgan fingerprint density at radius 2 is 2.28 bits per heavy atom. The lowest BCUT2D eigenvalue weighted by Crippen LogP contribution is -2.33. The normalized spacial score (nSPS) is 20.3. The molecule has 1 aliphatic heterocycles. The van der Waals surface area contributed by atoms with Crippen LogP contribution in [0.25, 0.3) is 0 Å². The van der Waals surface area contributed by atoms with Gasteiger partial charge in [0, 0.05) is 24.2 Å². The van der Waals surface area contributed by atoms with E-state index in [1.54, 1.807) is 6.07 Å². The van der Waals surface area contributed by atoms with Gasteiger partial charge in [-0.2, -0.15) is 0 Å². The molecule has 0 spiro atoms. The first-order valence-electron chi connectivity index (χ1n) is 6.42. The summed E-state index contributed by atoms with van der Waals surface area (Å²) in [7, 11) is 2.09. The Morgan fingerprint density at radius 3 is 3.00 bits per heavy atom. The third-order valence-electron chi connectivity index (χ3n) is 3.26. The number of halogens is 1. The van der Waals surface area contributed by atoms with Crippen molar-refractivity contribution >= 4 is 15.9 Å². The highest BCUT2D eigenvalue weighted by molar-refractivity contribution is 9.10. The quantitative estimate of drug-likeness (QED) is 0.927. The van der Waals surface area contributed by atoms with E-state index in [1.165, 1.54) is 12.8 Å². The molecule has 100 valence electrons. The molecule has 2 rings (SSSR count). The fourth-order valence-corrected chi connectivity index (χ4v) is 2.71. The monoisotopic (exact) mass is 313 g/mol. The molecule has 1 aromatic carbocycles. The second kappa shape index (κ2) is 6.55. The van der Waals surface area contributed by atoms with Crippen LogP contribution in [0.15, 0.2) is 22.7 Å². The topological polar surface area (TPSA) is 32.7 Å². The molecule has 18 heavy (non-hydrogen) atoms. The standard InChI is InChI=1S/C14H20BrNO2/c1-16(10-13-4-2-3-7-18-13)9-11-8-12(17)5-6-14(11)15/h5-6,8,13,17H,2-4,7,9-10H2,1H3. The molecule has 0 aliphatic carbocycles. The minimum Gasteiger partial charge on any atom is -0.508 e. The number of likely N-dealkylation sites (N-methyl/N-ethyl adjacent to an activating group) is 1. The molecule has 1 unspecified atom stereocenters. The van der Waals surface area contributed by atoms with Crippen molar-refractivity contribution in [3.05, 3.63) is 28.2 Å². The molecule has 3 nitrogen and oxygen atoms in total. The van der Waals surface area contributed by atoms with Crippen molar-refractivity contribution in [1.29, 1.82) is 0 Å². The molecule has 0 aromatic heterocycles. The summed E-state index contributed by atoms with van der Waals surface area (Å²) in [6.07, 6.45) is 3.98. The van der Waals surface area contributed by atoms with Gasteiger partial charge in [0.05, 0.1) is 6.10 Å². The van der Waals surface area contributed by atoms with Gasteiger partial charge in [-0.15, -0.1) is 0 Å². The van der Waals surface area contributed by atoms with E-state index in [2.05, 4.69) is 27.9 Å². The molecule has 1 aliphatic rings. The maximum atomic E-state index is 9.51. The number of nitrogens with zero attached hydrogens (tertiary/aromatic N) is 1. The summed E-state index contributed by atoms with van der Waals surface area (Å²) >= 11 is 3.52. The second-order valence-corrected chi connectivity index (χ2v) is 5.82. The predicted octanol–water partition coefficient (Wildman–Crippen LogP) is 3.16.